The van der Waals surface area contributed by atoms with Gasteiger partial charge in [0.1, 0.15) is 5.82 Å². The summed E-state index contributed by atoms with van der Waals surface area (Å²) in [5.41, 5.74) is 2.93. The number of hydrogen-bond acceptors (Lipinski definition) is 6. The molecule has 0 saturated carbocycles. The molecule has 0 fully saturated rings. The van der Waals surface area contributed by atoms with E-state index in [0.717, 1.165) is 17.1 Å². The Morgan fingerprint density at radius 2 is 1.77 bits per heavy atom. The van der Waals surface area contributed by atoms with Crippen LogP contribution < -0.4 is 0 Å². The molecule has 1 aromatic carbocycles. The van der Waals surface area contributed by atoms with Crippen molar-refractivity contribution in [2.24, 2.45) is 0 Å². The largest absolute Gasteiger partial charge is 0.490 e. The van der Waals surface area contributed by atoms with Crippen molar-refractivity contribution in [3.63, 3.8) is 0 Å². The van der Waals surface area contributed by atoms with Gasteiger partial charge in [-0.3, -0.25) is 14.9 Å². The Balaban J connectivity index is 0.000000396. The van der Waals surface area contributed by atoms with E-state index in [1.807, 2.05) is 18.9 Å². The summed E-state index contributed by atoms with van der Waals surface area (Å²) in [5.74, 6) is -2.65. The molecular weight excluding hydrogens is 408 g/mol. The van der Waals surface area contributed by atoms with Gasteiger partial charge in [0.15, 0.2) is 5.76 Å². The Kier molecular flexibility index (Phi) is 7.59. The van der Waals surface area contributed by atoms with Gasteiger partial charge in [-0.2, -0.15) is 13.2 Å². The molecule has 3 aromatic rings. The van der Waals surface area contributed by atoms with E-state index in [1.165, 1.54) is 6.07 Å². The highest BCUT2D eigenvalue weighted by molar-refractivity contribution is 5.73. The summed E-state index contributed by atoms with van der Waals surface area (Å²) in [7, 11) is 1.96. The fourth-order valence-corrected chi connectivity index (χ4v) is 2.28. The van der Waals surface area contributed by atoms with Crippen LogP contribution in [0.4, 0.5) is 17.6 Å². The molecule has 1 N–H and O–H groups in total. The zero-order chi connectivity index (χ0) is 22.3. The number of nitrogens with zero attached hydrogens (tertiary/aromatic N) is 4. The molecule has 0 atom stereocenters. The Hall–Kier alpha value is -3.34. The number of alkyl halides is 3. The fourth-order valence-electron chi connectivity index (χ4n) is 2.28. The van der Waals surface area contributed by atoms with Crippen molar-refractivity contribution >= 4 is 5.97 Å². The van der Waals surface area contributed by atoms with Crippen LogP contribution in [0.1, 0.15) is 17.1 Å². The SMILES string of the molecule is Cc1cnc(CN(C)Cc2cc(-c3ccccc3F)on2)cn1.O=C(O)C(F)(F)F. The summed E-state index contributed by atoms with van der Waals surface area (Å²) in [6, 6.07) is 8.25. The second-order valence-electron chi connectivity index (χ2n) is 6.29. The van der Waals surface area contributed by atoms with Gasteiger partial charge in [-0.25, -0.2) is 9.18 Å². The van der Waals surface area contributed by atoms with Crippen LogP contribution in [0.3, 0.4) is 0 Å². The van der Waals surface area contributed by atoms with Gasteiger partial charge in [-0.1, -0.05) is 17.3 Å². The Bertz CT molecular complexity index is 974. The third-order valence-corrected chi connectivity index (χ3v) is 3.64. The predicted molar refractivity (Wildman–Crippen MR) is 97.5 cm³/mol. The van der Waals surface area contributed by atoms with Crippen molar-refractivity contribution in [3.8, 4) is 11.3 Å². The highest BCUT2D eigenvalue weighted by Crippen LogP contribution is 2.23. The maximum Gasteiger partial charge on any atom is 0.490 e. The molecule has 0 aliphatic heterocycles. The molecule has 3 rings (SSSR count). The molecule has 0 amide bonds. The lowest BCUT2D eigenvalue weighted by molar-refractivity contribution is -0.192. The van der Waals surface area contributed by atoms with E-state index in [2.05, 4.69) is 15.1 Å². The van der Waals surface area contributed by atoms with E-state index in [-0.39, 0.29) is 5.82 Å². The van der Waals surface area contributed by atoms with Gasteiger partial charge < -0.3 is 9.63 Å². The molecule has 0 aliphatic rings. The Morgan fingerprint density at radius 1 is 1.13 bits per heavy atom. The number of carbonyl (C=O) groups is 1. The van der Waals surface area contributed by atoms with E-state index >= 15 is 0 Å². The van der Waals surface area contributed by atoms with Gasteiger partial charge in [0.05, 0.1) is 22.6 Å². The lowest BCUT2D eigenvalue weighted by atomic mass is 10.1. The number of rotatable bonds is 5. The van der Waals surface area contributed by atoms with Gasteiger partial charge in [0, 0.05) is 31.5 Å². The van der Waals surface area contributed by atoms with Crippen molar-refractivity contribution in [1.82, 2.24) is 20.0 Å². The van der Waals surface area contributed by atoms with Crippen LogP contribution in [-0.4, -0.2) is 44.3 Å². The number of carboxylic acids is 1. The topological polar surface area (TPSA) is 92.4 Å². The van der Waals surface area contributed by atoms with Gasteiger partial charge >= 0.3 is 12.1 Å². The van der Waals surface area contributed by atoms with Crippen molar-refractivity contribution in [2.75, 3.05) is 7.05 Å². The molecule has 0 bridgehead atoms. The summed E-state index contributed by atoms with van der Waals surface area (Å²) in [6.45, 7) is 3.13. The molecule has 2 heterocycles. The number of aryl methyl sites for hydroxylation is 1. The average molecular weight is 426 g/mol. The summed E-state index contributed by atoms with van der Waals surface area (Å²) in [6.07, 6.45) is -1.57. The van der Waals surface area contributed by atoms with Crippen molar-refractivity contribution < 1.29 is 32.0 Å². The molecule has 2 aromatic heterocycles. The van der Waals surface area contributed by atoms with Crippen LogP contribution in [0, 0.1) is 12.7 Å². The third kappa shape index (κ3) is 6.92. The van der Waals surface area contributed by atoms with Crippen LogP contribution in [0.25, 0.3) is 11.3 Å². The molecule has 0 saturated heterocycles. The molecule has 0 spiro atoms. The standard InChI is InChI=1S/C17H17FN4O.C2HF3O2/c1-12-8-20-14(9-19-12)11-22(2)10-13-7-17(23-21-13)15-5-3-4-6-16(15)18;3-2(4,5)1(6)7/h3-9H,10-11H2,1-2H3;(H,6,7). The molecule has 0 aliphatic carbocycles. The molecule has 0 unspecified atom stereocenters. The fraction of sp³-hybridized carbons (Fsp3) is 0.263. The maximum atomic E-state index is 13.8. The van der Waals surface area contributed by atoms with Crippen molar-refractivity contribution in [1.29, 1.82) is 0 Å². The minimum Gasteiger partial charge on any atom is -0.475 e. The first kappa shape index (κ1) is 22.9. The molecule has 11 heteroatoms. The van der Waals surface area contributed by atoms with Crippen LogP contribution in [-0.2, 0) is 17.9 Å². The summed E-state index contributed by atoms with van der Waals surface area (Å²) < 4.78 is 50.7. The molecule has 30 heavy (non-hydrogen) atoms. The van der Waals surface area contributed by atoms with Crippen LogP contribution in [0.15, 0.2) is 47.2 Å². The van der Waals surface area contributed by atoms with Gasteiger partial charge in [0.25, 0.3) is 0 Å². The van der Waals surface area contributed by atoms with Crippen LogP contribution in [0.2, 0.25) is 0 Å². The minimum atomic E-state index is -5.08. The second-order valence-corrected chi connectivity index (χ2v) is 6.29. The zero-order valence-electron chi connectivity index (χ0n) is 16.0. The number of aliphatic carboxylic acids is 1. The van der Waals surface area contributed by atoms with E-state index in [0.29, 0.717) is 24.4 Å². The maximum absolute atomic E-state index is 13.8. The molecule has 160 valence electrons. The number of carboxylic acid groups (broad SMARTS) is 1. The van der Waals surface area contributed by atoms with Gasteiger partial charge in [-0.05, 0) is 26.1 Å². The zero-order valence-corrected chi connectivity index (χ0v) is 16.0. The van der Waals surface area contributed by atoms with E-state index in [9.17, 15) is 17.6 Å². The lowest BCUT2D eigenvalue weighted by Crippen LogP contribution is -2.21. The third-order valence-electron chi connectivity index (χ3n) is 3.64. The first-order valence-corrected chi connectivity index (χ1v) is 8.53. The lowest BCUT2D eigenvalue weighted by Gasteiger charge is -2.13. The minimum absolute atomic E-state index is 0.321. The van der Waals surface area contributed by atoms with E-state index < -0.39 is 12.1 Å². The van der Waals surface area contributed by atoms with Crippen LogP contribution >= 0.6 is 0 Å². The second kappa shape index (κ2) is 9.92. The Labute approximate surface area is 169 Å². The number of benzene rings is 1. The normalized spacial score (nSPS) is 11.2. The molecule has 0 radical (unpaired) electrons. The summed E-state index contributed by atoms with van der Waals surface area (Å²) in [5, 5.41) is 11.1. The van der Waals surface area contributed by atoms with E-state index in [4.69, 9.17) is 14.4 Å². The summed E-state index contributed by atoms with van der Waals surface area (Å²) >= 11 is 0. The Morgan fingerprint density at radius 3 is 2.33 bits per heavy atom. The average Bonchev–Trinajstić information content (AvgIpc) is 3.12. The first-order chi connectivity index (χ1) is 14.1. The highest BCUT2D eigenvalue weighted by atomic mass is 19.4. The van der Waals surface area contributed by atoms with Crippen LogP contribution in [0.5, 0.6) is 0 Å². The number of aromatic nitrogens is 3. The molecular formula is C19H18F4N4O3. The first-order valence-electron chi connectivity index (χ1n) is 8.53. The summed E-state index contributed by atoms with van der Waals surface area (Å²) in [4.78, 5) is 19.5. The monoisotopic (exact) mass is 426 g/mol. The smallest absolute Gasteiger partial charge is 0.475 e. The number of hydrogen-bond donors (Lipinski definition) is 1. The number of halogens is 4. The van der Waals surface area contributed by atoms with Gasteiger partial charge in [-0.15, -0.1) is 0 Å². The van der Waals surface area contributed by atoms with E-state index in [1.54, 1.807) is 36.7 Å². The van der Waals surface area contributed by atoms with Crippen molar-refractivity contribution in [3.05, 3.63) is 65.6 Å². The quantitative estimate of drug-likeness (QED) is 0.620. The van der Waals surface area contributed by atoms with Crippen molar-refractivity contribution in [2.45, 2.75) is 26.2 Å². The molecule has 7 nitrogen and oxygen atoms in total. The highest BCUT2D eigenvalue weighted by Gasteiger charge is 2.38. The van der Waals surface area contributed by atoms with Gasteiger partial charge in [0.2, 0.25) is 0 Å². The predicted octanol–water partition coefficient (Wildman–Crippen LogP) is 3.84.